The Balaban J connectivity index is 1.67. The number of amides is 1. The summed E-state index contributed by atoms with van der Waals surface area (Å²) in [4.78, 5) is 23.3. The second-order valence-electron chi connectivity index (χ2n) is 6.72. The number of carbonyl (C=O) groups excluding carboxylic acids is 2. The highest BCUT2D eigenvalue weighted by atomic mass is 16.5. The third-order valence-corrected chi connectivity index (χ3v) is 4.48. The van der Waals surface area contributed by atoms with Crippen molar-refractivity contribution in [2.24, 2.45) is 5.10 Å². The van der Waals surface area contributed by atoms with Crippen LogP contribution in [0.1, 0.15) is 41.0 Å². The Morgan fingerprint density at radius 3 is 2.38 bits per heavy atom. The Morgan fingerprint density at radius 2 is 1.72 bits per heavy atom. The van der Waals surface area contributed by atoms with E-state index < -0.39 is 0 Å². The van der Waals surface area contributed by atoms with Gasteiger partial charge in [0.1, 0.15) is 11.4 Å². The number of esters is 1. The molecule has 0 fully saturated rings. The summed E-state index contributed by atoms with van der Waals surface area (Å²) in [6, 6.07) is 14.6. The number of H-pyrrole nitrogens is 1. The van der Waals surface area contributed by atoms with Crippen molar-refractivity contribution in [3.63, 3.8) is 0 Å². The highest BCUT2D eigenvalue weighted by Crippen LogP contribution is 2.21. The summed E-state index contributed by atoms with van der Waals surface area (Å²) in [5.41, 5.74) is 8.25. The molecular formula is C22H22N4O3. The van der Waals surface area contributed by atoms with Crippen LogP contribution in [0.4, 0.5) is 0 Å². The van der Waals surface area contributed by atoms with Gasteiger partial charge in [0.2, 0.25) is 0 Å². The molecule has 1 amide bonds. The average Bonchev–Trinajstić information content (AvgIpc) is 3.18. The first-order valence-corrected chi connectivity index (χ1v) is 9.10. The summed E-state index contributed by atoms with van der Waals surface area (Å²) >= 11 is 0. The van der Waals surface area contributed by atoms with Gasteiger partial charge in [-0.2, -0.15) is 10.2 Å². The number of hydrogen-bond acceptors (Lipinski definition) is 5. The normalized spacial score (nSPS) is 11.2. The summed E-state index contributed by atoms with van der Waals surface area (Å²) < 4.78 is 5.00. The summed E-state index contributed by atoms with van der Waals surface area (Å²) in [6.07, 6.45) is 0. The van der Waals surface area contributed by atoms with E-state index in [4.69, 9.17) is 4.74 Å². The van der Waals surface area contributed by atoms with Crippen molar-refractivity contribution in [1.82, 2.24) is 15.6 Å². The van der Waals surface area contributed by atoms with E-state index in [9.17, 15) is 9.59 Å². The lowest BCUT2D eigenvalue weighted by Gasteiger charge is -2.04. The van der Waals surface area contributed by atoms with Crippen molar-refractivity contribution in [1.29, 1.82) is 0 Å². The highest BCUT2D eigenvalue weighted by molar-refractivity contribution is 6.00. The Bertz CT molecular complexity index is 1080. The first kappa shape index (κ1) is 20.0. The number of benzene rings is 2. The molecule has 0 unspecified atom stereocenters. The van der Waals surface area contributed by atoms with Gasteiger partial charge in [0.25, 0.3) is 5.91 Å². The zero-order valence-corrected chi connectivity index (χ0v) is 16.7. The molecule has 3 aromatic rings. The van der Waals surface area contributed by atoms with Crippen LogP contribution in [0.15, 0.2) is 53.6 Å². The Kier molecular flexibility index (Phi) is 5.87. The van der Waals surface area contributed by atoms with Crippen molar-refractivity contribution in [2.75, 3.05) is 0 Å². The number of hydrazone groups is 1. The number of rotatable bonds is 5. The standard InChI is InChI=1S/C22H22N4O3/c1-13-5-6-18(11-14(13)2)20-12-21(25-24-20)22(28)26-23-15(3)17-7-9-19(10-8-17)29-16(4)27/h5-12H,1-4H3,(H,24,25)(H,26,28)/b23-15-. The third-order valence-electron chi connectivity index (χ3n) is 4.48. The molecule has 0 saturated carbocycles. The van der Waals surface area contributed by atoms with Gasteiger partial charge >= 0.3 is 5.97 Å². The second-order valence-corrected chi connectivity index (χ2v) is 6.72. The van der Waals surface area contributed by atoms with E-state index in [0.29, 0.717) is 22.8 Å². The third kappa shape index (κ3) is 4.95. The molecule has 2 aromatic carbocycles. The van der Waals surface area contributed by atoms with E-state index in [0.717, 1.165) is 16.7 Å². The summed E-state index contributed by atoms with van der Waals surface area (Å²) in [5.74, 6) is -0.312. The lowest BCUT2D eigenvalue weighted by atomic mass is 10.0. The van der Waals surface area contributed by atoms with Crippen molar-refractivity contribution in [3.8, 4) is 17.0 Å². The molecule has 0 atom stereocenters. The van der Waals surface area contributed by atoms with Crippen LogP contribution in [0.2, 0.25) is 0 Å². The maximum Gasteiger partial charge on any atom is 0.308 e. The van der Waals surface area contributed by atoms with Crippen LogP contribution in [0.5, 0.6) is 5.75 Å². The lowest BCUT2D eigenvalue weighted by Crippen LogP contribution is -2.19. The van der Waals surface area contributed by atoms with Gasteiger partial charge in [0, 0.05) is 12.5 Å². The quantitative estimate of drug-likeness (QED) is 0.300. The molecular weight excluding hydrogens is 368 g/mol. The Hall–Kier alpha value is -3.74. The summed E-state index contributed by atoms with van der Waals surface area (Å²) in [7, 11) is 0. The minimum atomic E-state index is -0.386. The molecule has 0 aliphatic carbocycles. The first-order valence-electron chi connectivity index (χ1n) is 9.10. The highest BCUT2D eigenvalue weighted by Gasteiger charge is 2.11. The van der Waals surface area contributed by atoms with Gasteiger partial charge in [-0.3, -0.25) is 14.7 Å². The topological polar surface area (TPSA) is 96.4 Å². The predicted octanol–water partition coefficient (Wildman–Crippen LogP) is 3.77. The summed E-state index contributed by atoms with van der Waals surface area (Å²) in [5, 5.41) is 11.1. The number of ether oxygens (including phenoxy) is 1. The van der Waals surface area contributed by atoms with Crippen LogP contribution in [-0.2, 0) is 4.79 Å². The fraction of sp³-hybridized carbons (Fsp3) is 0.182. The maximum atomic E-state index is 12.4. The van der Waals surface area contributed by atoms with Gasteiger partial charge in [-0.25, -0.2) is 5.43 Å². The molecule has 148 valence electrons. The first-order chi connectivity index (χ1) is 13.8. The molecule has 0 radical (unpaired) electrons. The molecule has 2 N–H and O–H groups in total. The zero-order valence-electron chi connectivity index (χ0n) is 16.7. The molecule has 7 nitrogen and oxygen atoms in total. The van der Waals surface area contributed by atoms with Crippen LogP contribution in [0, 0.1) is 13.8 Å². The number of carbonyl (C=O) groups is 2. The van der Waals surface area contributed by atoms with Gasteiger partial charge < -0.3 is 4.74 Å². The molecule has 29 heavy (non-hydrogen) atoms. The predicted molar refractivity (Wildman–Crippen MR) is 111 cm³/mol. The molecule has 1 aromatic heterocycles. The molecule has 0 saturated heterocycles. The maximum absolute atomic E-state index is 12.4. The number of aromatic amines is 1. The largest absolute Gasteiger partial charge is 0.427 e. The van der Waals surface area contributed by atoms with Crippen molar-refractivity contribution < 1.29 is 14.3 Å². The zero-order chi connectivity index (χ0) is 21.0. The van der Waals surface area contributed by atoms with E-state index in [1.807, 2.05) is 32.0 Å². The van der Waals surface area contributed by atoms with E-state index >= 15 is 0 Å². The van der Waals surface area contributed by atoms with E-state index in [1.54, 1.807) is 37.3 Å². The summed E-state index contributed by atoms with van der Waals surface area (Å²) in [6.45, 7) is 7.20. The Morgan fingerprint density at radius 1 is 1.00 bits per heavy atom. The minimum Gasteiger partial charge on any atom is -0.427 e. The van der Waals surface area contributed by atoms with E-state index in [-0.39, 0.29) is 11.9 Å². The second kappa shape index (κ2) is 8.52. The minimum absolute atomic E-state index is 0.319. The van der Waals surface area contributed by atoms with Gasteiger partial charge in [0.15, 0.2) is 0 Å². The van der Waals surface area contributed by atoms with Crippen LogP contribution >= 0.6 is 0 Å². The molecule has 0 spiro atoms. The van der Waals surface area contributed by atoms with Crippen LogP contribution < -0.4 is 10.2 Å². The fourth-order valence-electron chi connectivity index (χ4n) is 2.68. The van der Waals surface area contributed by atoms with Crippen LogP contribution in [0.3, 0.4) is 0 Å². The van der Waals surface area contributed by atoms with Gasteiger partial charge in [0.05, 0.1) is 11.4 Å². The van der Waals surface area contributed by atoms with E-state index in [1.165, 1.54) is 12.5 Å². The molecule has 1 heterocycles. The SMILES string of the molecule is CC(=O)Oc1ccc(/C(C)=N\NC(=O)c2cc(-c3ccc(C)c(C)c3)n[nH]2)cc1. The van der Waals surface area contributed by atoms with Crippen molar-refractivity contribution in [3.05, 3.63) is 70.9 Å². The fourth-order valence-corrected chi connectivity index (χ4v) is 2.68. The molecule has 0 aliphatic heterocycles. The molecule has 0 aliphatic rings. The van der Waals surface area contributed by atoms with Gasteiger partial charge in [-0.05, 0) is 73.9 Å². The Labute approximate surface area is 168 Å². The smallest absolute Gasteiger partial charge is 0.308 e. The number of nitrogens with zero attached hydrogens (tertiary/aromatic N) is 2. The lowest BCUT2D eigenvalue weighted by molar-refractivity contribution is -0.131. The number of aromatic nitrogens is 2. The monoisotopic (exact) mass is 390 g/mol. The van der Waals surface area contributed by atoms with Crippen LogP contribution in [0.25, 0.3) is 11.3 Å². The number of nitrogens with one attached hydrogen (secondary N) is 2. The van der Waals surface area contributed by atoms with Crippen molar-refractivity contribution >= 4 is 17.6 Å². The van der Waals surface area contributed by atoms with E-state index in [2.05, 4.69) is 20.7 Å². The van der Waals surface area contributed by atoms with Crippen molar-refractivity contribution in [2.45, 2.75) is 27.7 Å². The molecule has 0 bridgehead atoms. The number of hydrogen-bond donors (Lipinski definition) is 2. The number of aryl methyl sites for hydroxylation is 2. The molecule has 3 rings (SSSR count). The average molecular weight is 390 g/mol. The van der Waals surface area contributed by atoms with Gasteiger partial charge in [-0.1, -0.05) is 12.1 Å². The van der Waals surface area contributed by atoms with Gasteiger partial charge in [-0.15, -0.1) is 0 Å². The molecule has 7 heteroatoms. The van der Waals surface area contributed by atoms with Crippen LogP contribution in [-0.4, -0.2) is 27.8 Å².